The minimum atomic E-state index is -0.00246. The van der Waals surface area contributed by atoms with E-state index >= 15 is 0 Å². The molecule has 26 heavy (non-hydrogen) atoms. The van der Waals surface area contributed by atoms with Crippen molar-refractivity contribution in [1.82, 2.24) is 9.97 Å². The van der Waals surface area contributed by atoms with Crippen molar-refractivity contribution in [1.29, 1.82) is 0 Å². The standard InChI is InChI=1S/C19H19N3O4/c1-11-18(26-14-6-4-5-12(9-14)24-2)17(22-19(20)21-11)15-8-7-13(25-3)10-16(15)23/h4-10,23H,1-3H3,(H2,20,21,22). The number of hydrogen-bond acceptors (Lipinski definition) is 7. The molecule has 1 aromatic heterocycles. The van der Waals surface area contributed by atoms with Crippen molar-refractivity contribution in [3.8, 4) is 40.0 Å². The smallest absolute Gasteiger partial charge is 0.221 e. The van der Waals surface area contributed by atoms with Gasteiger partial charge in [-0.25, -0.2) is 9.97 Å². The Morgan fingerprint density at radius 3 is 2.31 bits per heavy atom. The lowest BCUT2D eigenvalue weighted by molar-refractivity contribution is 0.407. The molecule has 134 valence electrons. The summed E-state index contributed by atoms with van der Waals surface area (Å²) in [5.74, 6) is 2.22. The van der Waals surface area contributed by atoms with E-state index in [2.05, 4.69) is 9.97 Å². The minimum absolute atomic E-state index is 0.00246. The van der Waals surface area contributed by atoms with E-state index in [1.807, 2.05) is 12.1 Å². The Kier molecular flexibility index (Phi) is 4.79. The van der Waals surface area contributed by atoms with Crippen LogP contribution in [0.3, 0.4) is 0 Å². The number of methoxy groups -OCH3 is 2. The van der Waals surface area contributed by atoms with E-state index < -0.39 is 0 Å². The van der Waals surface area contributed by atoms with Gasteiger partial charge in [-0.3, -0.25) is 0 Å². The molecule has 0 radical (unpaired) electrons. The molecule has 0 aliphatic heterocycles. The molecular formula is C19H19N3O4. The van der Waals surface area contributed by atoms with E-state index in [-0.39, 0.29) is 11.7 Å². The van der Waals surface area contributed by atoms with Gasteiger partial charge in [0.05, 0.1) is 19.9 Å². The number of phenolic OH excluding ortho intramolecular Hbond substituents is 1. The highest BCUT2D eigenvalue weighted by Gasteiger charge is 2.18. The average Bonchev–Trinajstić information content (AvgIpc) is 2.64. The number of benzene rings is 2. The Morgan fingerprint density at radius 1 is 0.923 bits per heavy atom. The molecule has 7 nitrogen and oxygen atoms in total. The van der Waals surface area contributed by atoms with E-state index in [9.17, 15) is 5.11 Å². The normalized spacial score (nSPS) is 10.4. The maximum absolute atomic E-state index is 10.4. The molecule has 0 spiro atoms. The fraction of sp³-hybridized carbons (Fsp3) is 0.158. The summed E-state index contributed by atoms with van der Waals surface area (Å²) in [6.45, 7) is 1.76. The molecule has 3 rings (SSSR count). The molecule has 0 amide bonds. The molecule has 0 atom stereocenters. The van der Waals surface area contributed by atoms with Gasteiger partial charge in [0.25, 0.3) is 0 Å². The second kappa shape index (κ2) is 7.18. The molecule has 1 heterocycles. The molecule has 3 aromatic rings. The summed E-state index contributed by atoms with van der Waals surface area (Å²) in [5, 5.41) is 10.4. The van der Waals surface area contributed by atoms with Gasteiger partial charge in [-0.1, -0.05) is 6.07 Å². The summed E-state index contributed by atoms with van der Waals surface area (Å²) < 4.78 is 16.3. The number of rotatable bonds is 5. The summed E-state index contributed by atoms with van der Waals surface area (Å²) in [5.41, 5.74) is 7.20. The zero-order valence-electron chi connectivity index (χ0n) is 14.7. The van der Waals surface area contributed by atoms with Crippen molar-refractivity contribution in [2.24, 2.45) is 0 Å². The first-order valence-corrected chi connectivity index (χ1v) is 7.85. The van der Waals surface area contributed by atoms with Crippen LogP contribution in [0.1, 0.15) is 5.69 Å². The highest BCUT2D eigenvalue weighted by molar-refractivity contribution is 5.75. The number of nitrogens with zero attached hydrogens (tertiary/aromatic N) is 2. The Morgan fingerprint density at radius 2 is 1.62 bits per heavy atom. The molecule has 0 unspecified atom stereocenters. The van der Waals surface area contributed by atoms with Gasteiger partial charge in [-0.05, 0) is 31.2 Å². The Hall–Kier alpha value is -3.48. The lowest BCUT2D eigenvalue weighted by Gasteiger charge is -2.15. The predicted octanol–water partition coefficient (Wildman–Crippen LogP) is 3.55. The van der Waals surface area contributed by atoms with Crippen LogP contribution < -0.4 is 19.9 Å². The van der Waals surface area contributed by atoms with Gasteiger partial charge in [-0.15, -0.1) is 0 Å². The third-order valence-electron chi connectivity index (χ3n) is 3.77. The van der Waals surface area contributed by atoms with Crippen LogP contribution in [0.15, 0.2) is 42.5 Å². The number of hydrogen-bond donors (Lipinski definition) is 2. The molecule has 0 aliphatic rings. The second-order valence-corrected chi connectivity index (χ2v) is 5.51. The lowest BCUT2D eigenvalue weighted by atomic mass is 10.1. The SMILES string of the molecule is COc1cccc(Oc2c(C)nc(N)nc2-c2ccc(OC)cc2O)c1. The van der Waals surface area contributed by atoms with Crippen molar-refractivity contribution >= 4 is 5.95 Å². The second-order valence-electron chi connectivity index (χ2n) is 5.51. The molecule has 0 fully saturated rings. The van der Waals surface area contributed by atoms with Gasteiger partial charge in [0.2, 0.25) is 5.95 Å². The largest absolute Gasteiger partial charge is 0.507 e. The number of aromatic hydroxyl groups is 1. The van der Waals surface area contributed by atoms with Crippen LogP contribution in [0.2, 0.25) is 0 Å². The monoisotopic (exact) mass is 353 g/mol. The number of aromatic nitrogens is 2. The van der Waals surface area contributed by atoms with Crippen molar-refractivity contribution in [3.05, 3.63) is 48.2 Å². The van der Waals surface area contributed by atoms with E-state index in [0.717, 1.165) is 0 Å². The minimum Gasteiger partial charge on any atom is -0.507 e. The van der Waals surface area contributed by atoms with Crippen LogP contribution in [0.4, 0.5) is 5.95 Å². The number of nitrogen functional groups attached to an aromatic ring is 1. The fourth-order valence-electron chi connectivity index (χ4n) is 2.51. The molecule has 0 aliphatic carbocycles. The molecule has 0 saturated carbocycles. The van der Waals surface area contributed by atoms with E-state index in [1.54, 1.807) is 38.3 Å². The van der Waals surface area contributed by atoms with Gasteiger partial charge < -0.3 is 25.1 Å². The number of anilines is 1. The third kappa shape index (κ3) is 3.46. The molecule has 0 saturated heterocycles. The van der Waals surface area contributed by atoms with Gasteiger partial charge in [-0.2, -0.15) is 0 Å². The van der Waals surface area contributed by atoms with Crippen molar-refractivity contribution in [2.75, 3.05) is 20.0 Å². The Balaban J connectivity index is 2.11. The zero-order chi connectivity index (χ0) is 18.7. The topological polar surface area (TPSA) is 99.7 Å². The van der Waals surface area contributed by atoms with Crippen molar-refractivity contribution < 1.29 is 19.3 Å². The first-order chi connectivity index (χ1) is 12.5. The van der Waals surface area contributed by atoms with Crippen LogP contribution >= 0.6 is 0 Å². The molecular weight excluding hydrogens is 334 g/mol. The van der Waals surface area contributed by atoms with Gasteiger partial charge in [0.15, 0.2) is 5.75 Å². The Labute approximate surface area is 151 Å². The van der Waals surface area contributed by atoms with E-state index in [4.69, 9.17) is 19.9 Å². The quantitative estimate of drug-likeness (QED) is 0.723. The number of nitrogens with two attached hydrogens (primary N) is 1. The predicted molar refractivity (Wildman–Crippen MR) is 97.9 cm³/mol. The van der Waals surface area contributed by atoms with E-state index in [0.29, 0.717) is 39.9 Å². The van der Waals surface area contributed by atoms with Crippen LogP contribution in [-0.2, 0) is 0 Å². The van der Waals surface area contributed by atoms with Gasteiger partial charge in [0.1, 0.15) is 28.7 Å². The summed E-state index contributed by atoms with van der Waals surface area (Å²) >= 11 is 0. The highest BCUT2D eigenvalue weighted by Crippen LogP contribution is 2.40. The summed E-state index contributed by atoms with van der Waals surface area (Å²) in [6.07, 6.45) is 0. The highest BCUT2D eigenvalue weighted by atomic mass is 16.5. The average molecular weight is 353 g/mol. The number of aryl methyl sites for hydroxylation is 1. The number of ether oxygens (including phenoxy) is 3. The van der Waals surface area contributed by atoms with Crippen LogP contribution in [0, 0.1) is 6.92 Å². The fourth-order valence-corrected chi connectivity index (χ4v) is 2.51. The van der Waals surface area contributed by atoms with E-state index in [1.165, 1.54) is 13.2 Å². The van der Waals surface area contributed by atoms with Crippen LogP contribution in [0.25, 0.3) is 11.3 Å². The van der Waals surface area contributed by atoms with Gasteiger partial charge >= 0.3 is 0 Å². The molecule has 0 bridgehead atoms. The summed E-state index contributed by atoms with van der Waals surface area (Å²) in [7, 11) is 3.11. The summed E-state index contributed by atoms with van der Waals surface area (Å²) in [4.78, 5) is 8.43. The van der Waals surface area contributed by atoms with Crippen molar-refractivity contribution in [2.45, 2.75) is 6.92 Å². The first-order valence-electron chi connectivity index (χ1n) is 7.85. The maximum Gasteiger partial charge on any atom is 0.221 e. The Bertz CT molecular complexity index is 944. The summed E-state index contributed by atoms with van der Waals surface area (Å²) in [6, 6.07) is 12.1. The first kappa shape index (κ1) is 17.3. The molecule has 3 N–H and O–H groups in total. The number of phenols is 1. The van der Waals surface area contributed by atoms with Crippen molar-refractivity contribution in [3.63, 3.8) is 0 Å². The molecule has 7 heteroatoms. The molecule has 2 aromatic carbocycles. The van der Waals surface area contributed by atoms with Crippen LogP contribution in [0.5, 0.6) is 28.7 Å². The lowest BCUT2D eigenvalue weighted by Crippen LogP contribution is -2.03. The zero-order valence-corrected chi connectivity index (χ0v) is 14.7. The van der Waals surface area contributed by atoms with Crippen LogP contribution in [-0.4, -0.2) is 29.3 Å². The maximum atomic E-state index is 10.4. The van der Waals surface area contributed by atoms with Gasteiger partial charge in [0, 0.05) is 17.7 Å². The third-order valence-corrected chi connectivity index (χ3v) is 3.77.